The second-order valence-corrected chi connectivity index (χ2v) is 35.6. The Hall–Kier alpha value is -9.24. The SMILES string of the molecule is O=C(CN(C(=S)Nc1ccc(/C=C/c2ccc(NC(=S)CCCOCCCC(=S)Nc3ccc(/C=C/c4ccc(NC(=S)N(CC(=O)N/N=C/c5cc(Br)c(O)c(Br)c5)c5ccc6ccccc6c5)cc4S(=O)(=O)O)c(S(=O)(=O)O)c3)cc2S(=O)(=O)O)c(S(=O)(=O)O)c1)c1ccc2ccccc2c1)N/N=C/c1cc(Br)c(O)c(Br)c1. The Bertz CT molecular complexity index is 5730. The zero-order valence-electron chi connectivity index (χ0n) is 59.2. The van der Waals surface area contributed by atoms with E-state index in [0.29, 0.717) is 53.2 Å². The summed E-state index contributed by atoms with van der Waals surface area (Å²) in [6, 6.07) is 47.5. The number of rotatable bonds is 30. The van der Waals surface area contributed by atoms with Gasteiger partial charge in [0.2, 0.25) is 0 Å². The fourth-order valence-corrected chi connectivity index (χ4v) is 17.5. The number of nitrogens with one attached hydrogen (secondary N) is 6. The molecule has 0 fully saturated rings. The first kappa shape index (κ1) is 88.1. The number of carbonyl (C=O) groups is 2. The maximum atomic E-state index is 13.4. The highest BCUT2D eigenvalue weighted by Crippen LogP contribution is 2.36. The second-order valence-electron chi connectivity index (χ2n) is 24.8. The van der Waals surface area contributed by atoms with Crippen molar-refractivity contribution in [3.8, 4) is 11.5 Å². The summed E-state index contributed by atoms with van der Waals surface area (Å²) in [6.45, 7) is -0.302. The molecule has 0 bridgehead atoms. The lowest BCUT2D eigenvalue weighted by atomic mass is 10.1. The van der Waals surface area contributed by atoms with E-state index in [1.165, 1.54) is 95.1 Å². The number of hydrogen-bond acceptors (Lipinski definition) is 19. The molecule has 0 aromatic heterocycles. The number of anilines is 6. The van der Waals surface area contributed by atoms with E-state index in [4.69, 9.17) is 53.6 Å². The molecule has 0 aliphatic heterocycles. The summed E-state index contributed by atoms with van der Waals surface area (Å²) in [4.78, 5) is 28.0. The van der Waals surface area contributed by atoms with Crippen molar-refractivity contribution in [1.29, 1.82) is 0 Å². The van der Waals surface area contributed by atoms with Crippen molar-refractivity contribution in [2.45, 2.75) is 45.3 Å². The molecule has 0 aliphatic rings. The average Bonchev–Trinajstić information content (AvgIpc) is 0.803. The lowest BCUT2D eigenvalue weighted by molar-refractivity contribution is -0.120. The van der Waals surface area contributed by atoms with Gasteiger partial charge in [-0.1, -0.05) is 134 Å². The molecule has 39 heteroatoms. The standard InChI is InChI=1S/C76H64Br4N10O17S8/c77-61-31-45(32-62(78)73(61)93)41-81-87-69(91)43-89(59-27-21-47-7-1-3-9-53(47)35-59)75(110)85-57-25-19-51(67(39-57)114(101,102)103)15-13-49-17-23-55(37-65(49)112(95,96)97)83-71(108)11-5-29-107-30-6-12-72(109)84-56-24-18-50(66(38-56)113(98,99)100)14-16-52-20-26-58(40-68(52)115(104,105)106)86-76(111)90(60-28-22-48-8-2-4-10-54(48)36-60)44-70(92)88-82-42-46-33-63(79)74(94)64(80)34-46/h1-4,7-10,13-28,31-42,93-94H,5-6,11-12,29-30,43-44H2,(H,83,108)(H,84,109)(H,85,110)(H,86,111)(H,87,91)(H,88,92)(H,95,96,97)(H,98,99,100)(H,101,102,103)(H,104,105,106)/b15-13+,16-14+,81-41+,82-42+. The number of ether oxygens (including phenoxy) is 1. The third-order valence-electron chi connectivity index (χ3n) is 16.6. The number of fused-ring (bicyclic) bond motifs is 2. The Morgan fingerprint density at radius 1 is 0.400 bits per heavy atom. The van der Waals surface area contributed by atoms with E-state index in [-0.39, 0.29) is 116 Å². The molecular weight excluding hydrogens is 1900 g/mol. The van der Waals surface area contributed by atoms with Gasteiger partial charge in [-0.2, -0.15) is 43.9 Å². The molecule has 0 saturated carbocycles. The molecule has 0 atom stereocenters. The molecule has 596 valence electrons. The number of thiocarbonyl (C=S) groups is 4. The van der Waals surface area contributed by atoms with Crippen LogP contribution in [-0.4, -0.2) is 133 Å². The summed E-state index contributed by atoms with van der Waals surface area (Å²) in [7, 11) is -19.8. The summed E-state index contributed by atoms with van der Waals surface area (Å²) >= 11 is 35.7. The number of phenols is 2. The largest absolute Gasteiger partial charge is 0.506 e. The highest BCUT2D eigenvalue weighted by Gasteiger charge is 2.25. The van der Waals surface area contributed by atoms with Crippen molar-refractivity contribution in [3.05, 3.63) is 233 Å². The molecule has 2 amide bonds. The minimum absolute atomic E-state index is 0.0216. The van der Waals surface area contributed by atoms with Gasteiger partial charge >= 0.3 is 0 Å². The van der Waals surface area contributed by atoms with Crippen LogP contribution < -0.4 is 41.9 Å². The smallest absolute Gasteiger partial charge is 0.295 e. The first-order chi connectivity index (χ1) is 54.4. The number of nitrogens with zero attached hydrogens (tertiary/aromatic N) is 4. The topological polar surface area (TPSA) is 405 Å². The Balaban J connectivity index is 0.707. The fraction of sp³-hybridized carbons (Fsp3) is 0.105. The maximum Gasteiger partial charge on any atom is 0.295 e. The van der Waals surface area contributed by atoms with Gasteiger partial charge < -0.3 is 46.0 Å². The number of carbonyl (C=O) groups excluding carboxylic acids is 2. The van der Waals surface area contributed by atoms with E-state index in [2.05, 4.69) is 106 Å². The van der Waals surface area contributed by atoms with Gasteiger partial charge in [0.15, 0.2) is 10.2 Å². The van der Waals surface area contributed by atoms with Crippen LogP contribution in [0.25, 0.3) is 45.8 Å². The Morgan fingerprint density at radius 2 is 0.696 bits per heavy atom. The molecular formula is C76H64Br4N10O17S8. The monoisotopic (exact) mass is 1960 g/mol. The molecule has 10 aromatic rings. The molecule has 0 unspecified atom stereocenters. The summed E-state index contributed by atoms with van der Waals surface area (Å²) in [5.41, 5.74) is 7.11. The van der Waals surface area contributed by atoms with Crippen molar-refractivity contribution in [2.75, 3.05) is 57.4 Å². The van der Waals surface area contributed by atoms with Crippen LogP contribution >= 0.6 is 113 Å². The van der Waals surface area contributed by atoms with E-state index < -0.39 is 71.9 Å². The normalized spacial score (nSPS) is 12.0. The van der Waals surface area contributed by atoms with Crippen molar-refractivity contribution in [1.82, 2.24) is 10.9 Å². The maximum absolute atomic E-state index is 13.4. The summed E-state index contributed by atoms with van der Waals surface area (Å²) in [5.74, 6) is -1.25. The third kappa shape index (κ3) is 24.9. The van der Waals surface area contributed by atoms with Gasteiger partial charge in [-0.15, -0.1) is 0 Å². The minimum atomic E-state index is -4.98. The Morgan fingerprint density at radius 3 is 1.00 bits per heavy atom. The summed E-state index contributed by atoms with van der Waals surface area (Å²) in [5, 5.41) is 43.3. The van der Waals surface area contributed by atoms with Crippen LogP contribution in [0.3, 0.4) is 0 Å². The Labute approximate surface area is 715 Å². The van der Waals surface area contributed by atoms with Crippen molar-refractivity contribution in [3.63, 3.8) is 0 Å². The third-order valence-corrected chi connectivity index (χ3v) is 23.9. The second kappa shape index (κ2) is 39.1. The molecule has 0 heterocycles. The summed E-state index contributed by atoms with van der Waals surface area (Å²) in [6.07, 6.45) is 8.97. The van der Waals surface area contributed by atoms with Gasteiger partial charge in [0, 0.05) is 60.2 Å². The van der Waals surface area contributed by atoms with E-state index in [1.54, 1.807) is 48.5 Å². The molecule has 27 nitrogen and oxygen atoms in total. The molecule has 10 aromatic carbocycles. The minimum Gasteiger partial charge on any atom is -0.506 e. The highest BCUT2D eigenvalue weighted by molar-refractivity contribution is 9.11. The molecule has 0 saturated heterocycles. The molecule has 12 N–H and O–H groups in total. The van der Waals surface area contributed by atoms with Gasteiger partial charge in [-0.05, 0) is 253 Å². The Kier molecular flexibility index (Phi) is 30.0. The molecule has 0 spiro atoms. The number of benzene rings is 10. The van der Waals surface area contributed by atoms with E-state index >= 15 is 0 Å². The van der Waals surface area contributed by atoms with Crippen molar-refractivity contribution < 1.29 is 76.4 Å². The van der Waals surface area contributed by atoms with Crippen LogP contribution in [0, 0.1) is 0 Å². The van der Waals surface area contributed by atoms with Gasteiger partial charge in [0.05, 0.1) is 40.3 Å². The number of phenolic OH excluding ortho intramolecular Hbond substituents is 2. The molecule has 115 heavy (non-hydrogen) atoms. The van der Waals surface area contributed by atoms with Crippen LogP contribution in [0.2, 0.25) is 0 Å². The van der Waals surface area contributed by atoms with Crippen LogP contribution in [0.15, 0.2) is 230 Å². The van der Waals surface area contributed by atoms with E-state index in [0.717, 1.165) is 45.8 Å². The molecule has 10 rings (SSSR count). The zero-order valence-corrected chi connectivity index (χ0v) is 72.1. The van der Waals surface area contributed by atoms with E-state index in [1.807, 2.05) is 60.7 Å². The van der Waals surface area contributed by atoms with Crippen LogP contribution in [0.5, 0.6) is 11.5 Å². The predicted molar refractivity (Wildman–Crippen MR) is 478 cm³/mol. The molecule has 0 radical (unpaired) electrons. The van der Waals surface area contributed by atoms with Crippen molar-refractivity contribution in [2.24, 2.45) is 10.2 Å². The predicted octanol–water partition coefficient (Wildman–Crippen LogP) is 16.2. The lowest BCUT2D eigenvalue weighted by Crippen LogP contribution is -2.41. The quantitative estimate of drug-likeness (QED) is 0.00497. The number of hydrazone groups is 2. The van der Waals surface area contributed by atoms with Gasteiger partial charge in [-0.3, -0.25) is 27.8 Å². The number of aromatic hydroxyl groups is 2. The fourth-order valence-electron chi connectivity index (χ4n) is 11.1. The molecule has 0 aliphatic carbocycles. The first-order valence-electron chi connectivity index (χ1n) is 33.6. The zero-order chi connectivity index (χ0) is 83.1. The van der Waals surface area contributed by atoms with Crippen LogP contribution in [0.1, 0.15) is 59.1 Å². The number of halogens is 4. The van der Waals surface area contributed by atoms with Gasteiger partial charge in [0.1, 0.15) is 44.2 Å². The van der Waals surface area contributed by atoms with Crippen LogP contribution in [-0.2, 0) is 54.8 Å². The van der Waals surface area contributed by atoms with Gasteiger partial charge in [0.25, 0.3) is 52.3 Å². The van der Waals surface area contributed by atoms with Crippen LogP contribution in [0.4, 0.5) is 34.1 Å². The van der Waals surface area contributed by atoms with E-state index in [9.17, 15) is 71.7 Å². The first-order valence-corrected chi connectivity index (χ1v) is 44.1. The summed E-state index contributed by atoms with van der Waals surface area (Å²) < 4.78 is 152. The lowest BCUT2D eigenvalue weighted by Gasteiger charge is -2.25. The number of hydrogen-bond donors (Lipinski definition) is 12. The van der Waals surface area contributed by atoms with Crippen molar-refractivity contribution >= 4 is 277 Å². The van der Waals surface area contributed by atoms with Gasteiger partial charge in [-0.25, -0.2) is 10.9 Å². The highest BCUT2D eigenvalue weighted by atomic mass is 79.9. The number of amides is 2. The average molecular weight is 1970 g/mol.